The van der Waals surface area contributed by atoms with Gasteiger partial charge in [-0.2, -0.15) is 0 Å². The summed E-state index contributed by atoms with van der Waals surface area (Å²) in [6.07, 6.45) is -0.321. The van der Waals surface area contributed by atoms with Gasteiger partial charge < -0.3 is 20.1 Å². The highest BCUT2D eigenvalue weighted by Crippen LogP contribution is 2.23. The molecule has 0 saturated carbocycles. The van der Waals surface area contributed by atoms with Gasteiger partial charge in [0, 0.05) is 13.7 Å². The fraction of sp³-hybridized carbons (Fsp3) is 0.500. The van der Waals surface area contributed by atoms with Crippen LogP contribution in [0, 0.1) is 5.82 Å². The lowest BCUT2D eigenvalue weighted by Crippen LogP contribution is -2.50. The fourth-order valence-electron chi connectivity index (χ4n) is 2.24. The summed E-state index contributed by atoms with van der Waals surface area (Å²) in [6.45, 7) is 1.45. The molecule has 2 rings (SSSR count). The molecule has 1 amide bonds. The van der Waals surface area contributed by atoms with Crippen LogP contribution in [0.3, 0.4) is 0 Å². The van der Waals surface area contributed by atoms with Crippen molar-refractivity contribution in [3.05, 3.63) is 35.6 Å². The molecule has 0 aromatic heterocycles. The summed E-state index contributed by atoms with van der Waals surface area (Å²) >= 11 is 0. The molecule has 5 nitrogen and oxygen atoms in total. The summed E-state index contributed by atoms with van der Waals surface area (Å²) < 4.78 is 23.7. The van der Waals surface area contributed by atoms with Gasteiger partial charge >= 0.3 is 0 Å². The number of carbonyl (C=O) groups is 1. The number of hydrogen-bond acceptors (Lipinski definition) is 4. The van der Waals surface area contributed by atoms with Crippen LogP contribution in [0.25, 0.3) is 0 Å². The molecule has 2 atom stereocenters. The van der Waals surface area contributed by atoms with E-state index in [-0.39, 0.29) is 36.8 Å². The predicted molar refractivity (Wildman–Crippen MR) is 78.8 cm³/mol. The Morgan fingerprint density at radius 3 is 3.05 bits per heavy atom. The number of rotatable bonds is 4. The second-order valence-electron chi connectivity index (χ2n) is 4.76. The number of benzene rings is 1. The van der Waals surface area contributed by atoms with Crippen LogP contribution < -0.4 is 5.73 Å². The van der Waals surface area contributed by atoms with E-state index >= 15 is 0 Å². The highest BCUT2D eigenvalue weighted by Gasteiger charge is 2.28. The summed E-state index contributed by atoms with van der Waals surface area (Å²) in [6, 6.07) is 5.55. The first-order chi connectivity index (χ1) is 9.61. The van der Waals surface area contributed by atoms with Gasteiger partial charge in [-0.25, -0.2) is 4.39 Å². The minimum atomic E-state index is -0.675. The van der Waals surface area contributed by atoms with Crippen molar-refractivity contribution in [1.29, 1.82) is 0 Å². The third kappa shape index (κ3) is 4.64. The van der Waals surface area contributed by atoms with Gasteiger partial charge in [0.1, 0.15) is 18.0 Å². The molecule has 1 heterocycles. The van der Waals surface area contributed by atoms with Gasteiger partial charge in [-0.3, -0.25) is 4.79 Å². The van der Waals surface area contributed by atoms with E-state index in [1.54, 1.807) is 17.0 Å². The van der Waals surface area contributed by atoms with Crippen molar-refractivity contribution < 1.29 is 18.7 Å². The molecule has 1 aliphatic heterocycles. The monoisotopic (exact) mass is 318 g/mol. The topological polar surface area (TPSA) is 64.8 Å². The second kappa shape index (κ2) is 8.29. The predicted octanol–water partition coefficient (Wildman–Crippen LogP) is 1.12. The lowest BCUT2D eigenvalue weighted by Gasteiger charge is -2.34. The van der Waals surface area contributed by atoms with E-state index in [1.807, 2.05) is 0 Å². The molecular formula is C14H20ClFN2O3. The Bertz CT molecular complexity index is 475. The zero-order chi connectivity index (χ0) is 14.5. The van der Waals surface area contributed by atoms with Crippen molar-refractivity contribution >= 4 is 18.3 Å². The van der Waals surface area contributed by atoms with E-state index in [4.69, 9.17) is 15.2 Å². The Morgan fingerprint density at radius 1 is 1.62 bits per heavy atom. The third-order valence-corrected chi connectivity index (χ3v) is 3.26. The molecule has 1 fully saturated rings. The van der Waals surface area contributed by atoms with Gasteiger partial charge in [-0.05, 0) is 17.7 Å². The molecule has 1 aromatic rings. The number of ether oxygens (including phenoxy) is 2. The average Bonchev–Trinajstić information content (AvgIpc) is 2.47. The number of methoxy groups -OCH3 is 1. The maximum Gasteiger partial charge on any atom is 0.242 e. The largest absolute Gasteiger partial charge is 0.383 e. The van der Waals surface area contributed by atoms with Gasteiger partial charge in [-0.1, -0.05) is 12.1 Å². The van der Waals surface area contributed by atoms with Gasteiger partial charge in [0.05, 0.1) is 19.8 Å². The highest BCUT2D eigenvalue weighted by molar-refractivity contribution is 5.85. The molecule has 0 radical (unpaired) electrons. The number of nitrogens with zero attached hydrogens (tertiary/aromatic N) is 1. The Morgan fingerprint density at radius 2 is 2.38 bits per heavy atom. The van der Waals surface area contributed by atoms with E-state index < -0.39 is 6.04 Å². The maximum absolute atomic E-state index is 13.2. The van der Waals surface area contributed by atoms with Crippen LogP contribution in [0.2, 0.25) is 0 Å². The lowest BCUT2D eigenvalue weighted by molar-refractivity contribution is -0.141. The molecule has 21 heavy (non-hydrogen) atoms. The highest BCUT2D eigenvalue weighted by atomic mass is 35.5. The van der Waals surface area contributed by atoms with Crippen molar-refractivity contribution in [2.45, 2.75) is 12.1 Å². The van der Waals surface area contributed by atoms with E-state index in [0.29, 0.717) is 19.7 Å². The molecule has 0 aliphatic carbocycles. The summed E-state index contributed by atoms with van der Waals surface area (Å²) in [5.74, 6) is -0.484. The van der Waals surface area contributed by atoms with Gasteiger partial charge in [0.2, 0.25) is 5.91 Å². The first-order valence-electron chi connectivity index (χ1n) is 6.52. The third-order valence-electron chi connectivity index (χ3n) is 3.26. The Labute approximate surface area is 129 Å². The Kier molecular flexibility index (Phi) is 7.04. The number of morpholine rings is 1. The Balaban J connectivity index is 0.00000220. The quantitative estimate of drug-likeness (QED) is 0.903. The Hall–Kier alpha value is -1.21. The van der Waals surface area contributed by atoms with Crippen LogP contribution >= 0.6 is 12.4 Å². The molecule has 7 heteroatoms. The van der Waals surface area contributed by atoms with Crippen LogP contribution in [0.1, 0.15) is 11.7 Å². The molecule has 2 unspecified atom stereocenters. The van der Waals surface area contributed by atoms with Crippen LogP contribution in [-0.2, 0) is 14.3 Å². The number of carbonyl (C=O) groups excluding carboxylic acids is 1. The van der Waals surface area contributed by atoms with Crippen molar-refractivity contribution in [3.8, 4) is 0 Å². The summed E-state index contributed by atoms with van der Waals surface area (Å²) in [7, 11) is 1.50. The molecule has 118 valence electrons. The van der Waals surface area contributed by atoms with E-state index in [1.165, 1.54) is 19.2 Å². The summed E-state index contributed by atoms with van der Waals surface area (Å²) in [5, 5.41) is 0. The fourth-order valence-corrected chi connectivity index (χ4v) is 2.24. The number of nitrogens with two attached hydrogens (primary N) is 1. The SMILES string of the molecule is COCC(N)C(=O)N1CCOC(c2cccc(F)c2)C1.Cl. The van der Waals surface area contributed by atoms with Crippen LogP contribution in [-0.4, -0.2) is 50.3 Å². The molecule has 1 aliphatic rings. The van der Waals surface area contributed by atoms with Crippen LogP contribution in [0.5, 0.6) is 0 Å². The molecular weight excluding hydrogens is 299 g/mol. The van der Waals surface area contributed by atoms with E-state index in [9.17, 15) is 9.18 Å². The second-order valence-corrected chi connectivity index (χ2v) is 4.76. The van der Waals surface area contributed by atoms with Crippen molar-refractivity contribution in [2.75, 3.05) is 33.4 Å². The van der Waals surface area contributed by atoms with E-state index in [0.717, 1.165) is 5.56 Å². The van der Waals surface area contributed by atoms with Gasteiger partial charge in [0.15, 0.2) is 0 Å². The molecule has 1 saturated heterocycles. The normalized spacial score (nSPS) is 19.8. The zero-order valence-electron chi connectivity index (χ0n) is 11.8. The first-order valence-corrected chi connectivity index (χ1v) is 6.52. The minimum Gasteiger partial charge on any atom is -0.383 e. The molecule has 0 spiro atoms. The first kappa shape index (κ1) is 17.8. The van der Waals surface area contributed by atoms with E-state index in [2.05, 4.69) is 0 Å². The number of amides is 1. The van der Waals surface area contributed by atoms with Crippen molar-refractivity contribution in [1.82, 2.24) is 4.90 Å². The average molecular weight is 319 g/mol. The van der Waals surface area contributed by atoms with Crippen molar-refractivity contribution in [3.63, 3.8) is 0 Å². The van der Waals surface area contributed by atoms with Gasteiger partial charge in [-0.15, -0.1) is 12.4 Å². The van der Waals surface area contributed by atoms with Crippen LogP contribution in [0.4, 0.5) is 4.39 Å². The summed E-state index contributed by atoms with van der Waals surface area (Å²) in [4.78, 5) is 13.8. The molecule has 2 N–H and O–H groups in total. The van der Waals surface area contributed by atoms with Gasteiger partial charge in [0.25, 0.3) is 0 Å². The van der Waals surface area contributed by atoms with Crippen molar-refractivity contribution in [2.24, 2.45) is 5.73 Å². The van der Waals surface area contributed by atoms with Crippen LogP contribution in [0.15, 0.2) is 24.3 Å². The number of hydrogen-bond donors (Lipinski definition) is 1. The maximum atomic E-state index is 13.2. The molecule has 1 aromatic carbocycles. The smallest absolute Gasteiger partial charge is 0.242 e. The molecule has 0 bridgehead atoms. The zero-order valence-corrected chi connectivity index (χ0v) is 12.6. The minimum absolute atomic E-state index is 0. The number of halogens is 2. The summed E-state index contributed by atoms with van der Waals surface area (Å²) in [5.41, 5.74) is 6.47. The standard InChI is InChI=1S/C14H19FN2O3.ClH/c1-19-9-12(16)14(18)17-5-6-20-13(8-17)10-3-2-4-11(15)7-10;/h2-4,7,12-13H,5-6,8-9,16H2,1H3;1H. The lowest BCUT2D eigenvalue weighted by atomic mass is 10.1.